The second-order valence-corrected chi connectivity index (χ2v) is 5.10. The third-order valence-corrected chi connectivity index (χ3v) is 3.25. The van der Waals surface area contributed by atoms with Crippen LogP contribution in [0.4, 0.5) is 21.5 Å². The first-order valence-electron chi connectivity index (χ1n) is 5.22. The molecular weight excluding hydrogens is 333 g/mol. The van der Waals surface area contributed by atoms with Crippen molar-refractivity contribution in [1.82, 2.24) is 0 Å². The van der Waals surface area contributed by atoms with Gasteiger partial charge in [0.25, 0.3) is 0 Å². The fourth-order valence-corrected chi connectivity index (χ4v) is 2.07. The maximum Gasteiger partial charge on any atom is 0.144 e. The molecule has 2 rings (SSSR count). The Morgan fingerprint density at radius 1 is 1.26 bits per heavy atom. The number of hydrogen-bond acceptors (Lipinski definition) is 3. The molecular formula is C13H8BrClFN3. The van der Waals surface area contributed by atoms with Crippen molar-refractivity contribution in [1.29, 1.82) is 5.26 Å². The number of anilines is 3. The molecule has 0 atom stereocenters. The Hall–Kier alpha value is -1.77. The van der Waals surface area contributed by atoms with Gasteiger partial charge in [0.2, 0.25) is 0 Å². The molecule has 3 nitrogen and oxygen atoms in total. The number of nitrogens with two attached hydrogens (primary N) is 1. The predicted molar refractivity (Wildman–Crippen MR) is 78.0 cm³/mol. The molecule has 0 aliphatic carbocycles. The number of nitrogen functional groups attached to an aromatic ring is 1. The number of rotatable bonds is 2. The fraction of sp³-hybridized carbons (Fsp3) is 0. The van der Waals surface area contributed by atoms with Crippen LogP contribution in [0.1, 0.15) is 5.56 Å². The zero-order valence-electron chi connectivity index (χ0n) is 9.55. The molecule has 0 aromatic heterocycles. The van der Waals surface area contributed by atoms with Gasteiger partial charge in [-0.2, -0.15) is 5.26 Å². The van der Waals surface area contributed by atoms with Crippen LogP contribution in [0.2, 0.25) is 5.02 Å². The minimum Gasteiger partial charge on any atom is -0.397 e. The Bertz CT molecular complexity index is 682. The second kappa shape index (κ2) is 5.47. The Balaban J connectivity index is 2.45. The van der Waals surface area contributed by atoms with Crippen LogP contribution in [0, 0.1) is 17.1 Å². The van der Waals surface area contributed by atoms with Crippen molar-refractivity contribution in [3.63, 3.8) is 0 Å². The van der Waals surface area contributed by atoms with E-state index < -0.39 is 5.82 Å². The molecule has 0 fully saturated rings. The Kier molecular flexibility index (Phi) is 3.93. The molecule has 96 valence electrons. The van der Waals surface area contributed by atoms with Gasteiger partial charge in [0, 0.05) is 10.5 Å². The van der Waals surface area contributed by atoms with Gasteiger partial charge in [-0.25, -0.2) is 4.39 Å². The lowest BCUT2D eigenvalue weighted by molar-refractivity contribution is 0.629. The molecule has 0 spiro atoms. The normalized spacial score (nSPS) is 10.0. The van der Waals surface area contributed by atoms with Crippen molar-refractivity contribution < 1.29 is 4.39 Å². The maximum atomic E-state index is 13.4. The molecule has 6 heteroatoms. The lowest BCUT2D eigenvalue weighted by atomic mass is 10.2. The second-order valence-electron chi connectivity index (χ2n) is 3.78. The van der Waals surface area contributed by atoms with Crippen LogP contribution in [0.25, 0.3) is 0 Å². The number of hydrogen-bond donors (Lipinski definition) is 2. The summed E-state index contributed by atoms with van der Waals surface area (Å²) in [5.74, 6) is -0.577. The van der Waals surface area contributed by atoms with E-state index in [0.29, 0.717) is 22.6 Å². The highest BCUT2D eigenvalue weighted by Gasteiger charge is 2.09. The highest BCUT2D eigenvalue weighted by Crippen LogP contribution is 2.31. The van der Waals surface area contributed by atoms with Gasteiger partial charge in [0.05, 0.1) is 27.6 Å². The smallest absolute Gasteiger partial charge is 0.144 e. The van der Waals surface area contributed by atoms with Gasteiger partial charge in [-0.15, -0.1) is 0 Å². The molecule has 0 amide bonds. The zero-order valence-corrected chi connectivity index (χ0v) is 11.9. The third-order valence-electron chi connectivity index (χ3n) is 2.46. The van der Waals surface area contributed by atoms with E-state index in [4.69, 9.17) is 22.6 Å². The maximum absolute atomic E-state index is 13.4. The van der Waals surface area contributed by atoms with E-state index in [1.54, 1.807) is 18.2 Å². The standard InChI is InChI=1S/C13H8BrClFN3/c14-8-2-1-7(6-17)12(3-8)19-13-5-10(16)9(15)4-11(13)18/h1-5,19H,18H2. The SMILES string of the molecule is N#Cc1ccc(Br)cc1Nc1cc(F)c(Cl)cc1N. The van der Waals surface area contributed by atoms with E-state index in [0.717, 1.165) is 4.47 Å². The molecule has 0 saturated heterocycles. The number of halogens is 3. The van der Waals surface area contributed by atoms with Crippen LogP contribution in [-0.4, -0.2) is 0 Å². The first kappa shape index (κ1) is 13.7. The molecule has 0 heterocycles. The van der Waals surface area contributed by atoms with Crippen LogP contribution in [-0.2, 0) is 0 Å². The van der Waals surface area contributed by atoms with Crippen LogP contribution < -0.4 is 11.1 Å². The van der Waals surface area contributed by atoms with E-state index >= 15 is 0 Å². The van der Waals surface area contributed by atoms with Crippen molar-refractivity contribution in [2.75, 3.05) is 11.1 Å². The van der Waals surface area contributed by atoms with Crippen LogP contribution >= 0.6 is 27.5 Å². The molecule has 3 N–H and O–H groups in total. The van der Waals surface area contributed by atoms with Gasteiger partial charge in [0.15, 0.2) is 0 Å². The van der Waals surface area contributed by atoms with Crippen molar-refractivity contribution >= 4 is 44.6 Å². The zero-order chi connectivity index (χ0) is 14.0. The number of nitrogens with one attached hydrogen (secondary N) is 1. The highest BCUT2D eigenvalue weighted by molar-refractivity contribution is 9.10. The van der Waals surface area contributed by atoms with Gasteiger partial charge in [-0.1, -0.05) is 27.5 Å². The van der Waals surface area contributed by atoms with Crippen LogP contribution in [0.3, 0.4) is 0 Å². The average molecular weight is 341 g/mol. The Labute approximate surface area is 122 Å². The molecule has 0 aliphatic rings. The summed E-state index contributed by atoms with van der Waals surface area (Å²) in [6.07, 6.45) is 0. The lowest BCUT2D eigenvalue weighted by Gasteiger charge is -2.12. The largest absolute Gasteiger partial charge is 0.397 e. The Morgan fingerprint density at radius 3 is 2.68 bits per heavy atom. The molecule has 0 radical (unpaired) electrons. The summed E-state index contributed by atoms with van der Waals surface area (Å²) in [5, 5.41) is 11.9. The van der Waals surface area contributed by atoms with E-state index in [1.165, 1.54) is 12.1 Å². The lowest BCUT2D eigenvalue weighted by Crippen LogP contribution is -1.99. The molecule has 0 aliphatic heterocycles. The summed E-state index contributed by atoms with van der Waals surface area (Å²) in [5.41, 5.74) is 7.38. The van der Waals surface area contributed by atoms with Gasteiger partial charge in [0.1, 0.15) is 11.9 Å². The van der Waals surface area contributed by atoms with Crippen molar-refractivity contribution in [3.05, 3.63) is 51.2 Å². The van der Waals surface area contributed by atoms with Gasteiger partial charge < -0.3 is 11.1 Å². The Morgan fingerprint density at radius 2 is 2.00 bits per heavy atom. The van der Waals surface area contributed by atoms with Gasteiger partial charge in [-0.3, -0.25) is 0 Å². The van der Waals surface area contributed by atoms with Gasteiger partial charge >= 0.3 is 0 Å². The van der Waals surface area contributed by atoms with Gasteiger partial charge in [-0.05, 0) is 24.3 Å². The molecule has 0 saturated carbocycles. The van der Waals surface area contributed by atoms with E-state index in [2.05, 4.69) is 21.2 Å². The summed E-state index contributed by atoms with van der Waals surface area (Å²) in [7, 11) is 0. The minimum atomic E-state index is -0.577. The summed E-state index contributed by atoms with van der Waals surface area (Å²) in [4.78, 5) is 0. The van der Waals surface area contributed by atoms with E-state index in [1.807, 2.05) is 6.07 Å². The van der Waals surface area contributed by atoms with Crippen molar-refractivity contribution in [2.24, 2.45) is 0 Å². The average Bonchev–Trinajstić information content (AvgIpc) is 2.36. The summed E-state index contributed by atoms with van der Waals surface area (Å²) in [6.45, 7) is 0. The monoisotopic (exact) mass is 339 g/mol. The summed E-state index contributed by atoms with van der Waals surface area (Å²) >= 11 is 8.94. The quantitative estimate of drug-likeness (QED) is 0.795. The summed E-state index contributed by atoms with van der Waals surface area (Å²) in [6, 6.07) is 9.67. The number of nitrogens with zero attached hydrogens (tertiary/aromatic N) is 1. The highest BCUT2D eigenvalue weighted by atomic mass is 79.9. The number of benzene rings is 2. The molecule has 0 bridgehead atoms. The fourth-order valence-electron chi connectivity index (χ4n) is 1.53. The van der Waals surface area contributed by atoms with Crippen molar-refractivity contribution in [2.45, 2.75) is 0 Å². The molecule has 0 unspecified atom stereocenters. The van der Waals surface area contributed by atoms with Crippen LogP contribution in [0.15, 0.2) is 34.8 Å². The molecule has 2 aromatic rings. The van der Waals surface area contributed by atoms with Crippen LogP contribution in [0.5, 0.6) is 0 Å². The first-order chi connectivity index (χ1) is 9.01. The molecule has 2 aromatic carbocycles. The summed E-state index contributed by atoms with van der Waals surface area (Å²) < 4.78 is 14.2. The predicted octanol–water partition coefficient (Wildman–Crippen LogP) is 4.44. The van der Waals surface area contributed by atoms with Crippen molar-refractivity contribution in [3.8, 4) is 6.07 Å². The minimum absolute atomic E-state index is 0.0437. The first-order valence-corrected chi connectivity index (χ1v) is 6.39. The van der Waals surface area contributed by atoms with E-state index in [-0.39, 0.29) is 5.02 Å². The third kappa shape index (κ3) is 2.98. The van der Waals surface area contributed by atoms with E-state index in [9.17, 15) is 4.39 Å². The topological polar surface area (TPSA) is 61.8 Å². The molecule has 19 heavy (non-hydrogen) atoms. The number of nitriles is 1.